The van der Waals surface area contributed by atoms with E-state index >= 15 is 0 Å². The summed E-state index contributed by atoms with van der Waals surface area (Å²) in [6.45, 7) is 0. The molecule has 0 atom stereocenters. The Hall–Kier alpha value is -1.69. The number of alkyl halides is 3. The first-order valence-corrected chi connectivity index (χ1v) is 5.35. The summed E-state index contributed by atoms with van der Waals surface area (Å²) in [5.74, 6) is -0.587. The van der Waals surface area contributed by atoms with Gasteiger partial charge in [-0.1, -0.05) is 30.4 Å². The first kappa shape index (κ1) is 12.8. The molecule has 0 spiro atoms. The van der Waals surface area contributed by atoms with Gasteiger partial charge in [0.1, 0.15) is 10.5 Å². The van der Waals surface area contributed by atoms with Crippen LogP contribution in [0, 0.1) is 10.5 Å². The van der Waals surface area contributed by atoms with Crippen LogP contribution in [0.15, 0.2) is 36.5 Å². The molecule has 94 valence electrons. The first-order valence-electron chi connectivity index (χ1n) is 4.94. The van der Waals surface area contributed by atoms with Crippen molar-refractivity contribution in [3.05, 3.63) is 52.5 Å². The molecule has 6 heteroatoms. The summed E-state index contributed by atoms with van der Waals surface area (Å²) in [4.78, 5) is 2.33. The normalized spacial score (nSPS) is 11.6. The minimum absolute atomic E-state index is 0.0919. The molecule has 0 amide bonds. The lowest BCUT2D eigenvalue weighted by Gasteiger charge is -2.09. The Kier molecular flexibility index (Phi) is 3.21. The van der Waals surface area contributed by atoms with Crippen molar-refractivity contribution in [2.45, 2.75) is 6.18 Å². The predicted octanol–water partition coefficient (Wildman–Crippen LogP) is 4.57. The zero-order chi connectivity index (χ0) is 13.3. The fourth-order valence-electron chi connectivity index (χ4n) is 1.55. The van der Waals surface area contributed by atoms with Gasteiger partial charge in [0.25, 0.3) is 0 Å². The minimum Gasteiger partial charge on any atom is -0.352 e. The standard InChI is InChI=1S/C12H7F4NS/c13-10-4-2-1-3-8(10)7-5-9(12(14,15)16)11(18)17-6-7/h1-6H,(H,17,18). The topological polar surface area (TPSA) is 15.8 Å². The van der Waals surface area contributed by atoms with Crippen molar-refractivity contribution in [2.75, 3.05) is 0 Å². The number of halogens is 4. The van der Waals surface area contributed by atoms with Gasteiger partial charge in [-0.2, -0.15) is 13.2 Å². The monoisotopic (exact) mass is 273 g/mol. The minimum atomic E-state index is -4.56. The third-order valence-corrected chi connectivity index (χ3v) is 2.73. The zero-order valence-corrected chi connectivity index (χ0v) is 9.70. The molecule has 0 saturated heterocycles. The summed E-state index contributed by atoms with van der Waals surface area (Å²) in [7, 11) is 0. The van der Waals surface area contributed by atoms with Gasteiger partial charge in [-0.25, -0.2) is 4.39 Å². The van der Waals surface area contributed by atoms with E-state index in [0.717, 1.165) is 6.07 Å². The van der Waals surface area contributed by atoms with E-state index in [1.54, 1.807) is 6.07 Å². The number of hydrogen-bond donors (Lipinski definition) is 1. The molecular weight excluding hydrogens is 266 g/mol. The predicted molar refractivity (Wildman–Crippen MR) is 62.0 cm³/mol. The summed E-state index contributed by atoms with van der Waals surface area (Å²) in [6.07, 6.45) is -3.30. The summed E-state index contributed by atoms with van der Waals surface area (Å²) >= 11 is 4.57. The average molecular weight is 273 g/mol. The summed E-state index contributed by atoms with van der Waals surface area (Å²) in [5, 5.41) is 0. The third kappa shape index (κ3) is 2.43. The third-order valence-electron chi connectivity index (χ3n) is 2.39. The van der Waals surface area contributed by atoms with Crippen LogP contribution in [0.4, 0.5) is 17.6 Å². The molecule has 18 heavy (non-hydrogen) atoms. The lowest BCUT2D eigenvalue weighted by Crippen LogP contribution is -2.07. The number of nitrogens with one attached hydrogen (secondary N) is 1. The van der Waals surface area contributed by atoms with E-state index in [1.165, 1.54) is 24.4 Å². The van der Waals surface area contributed by atoms with E-state index in [1.807, 2.05) is 0 Å². The summed E-state index contributed by atoms with van der Waals surface area (Å²) in [5.41, 5.74) is -0.776. The van der Waals surface area contributed by atoms with Gasteiger partial charge in [0, 0.05) is 17.3 Å². The van der Waals surface area contributed by atoms with Crippen LogP contribution in [0.5, 0.6) is 0 Å². The largest absolute Gasteiger partial charge is 0.419 e. The number of rotatable bonds is 1. The SMILES string of the molecule is Fc1ccccc1-c1c[nH]c(=S)c(C(F)(F)F)c1. The molecule has 1 aromatic heterocycles. The number of pyridine rings is 1. The van der Waals surface area contributed by atoms with E-state index in [2.05, 4.69) is 17.2 Å². The Morgan fingerprint density at radius 3 is 2.39 bits per heavy atom. The average Bonchev–Trinajstić information content (AvgIpc) is 2.29. The first-order chi connectivity index (χ1) is 8.39. The van der Waals surface area contributed by atoms with E-state index in [9.17, 15) is 17.6 Å². The van der Waals surface area contributed by atoms with E-state index in [4.69, 9.17) is 0 Å². The fraction of sp³-hybridized carbons (Fsp3) is 0.0833. The molecule has 0 radical (unpaired) electrons. The molecule has 0 aliphatic heterocycles. The maximum Gasteiger partial charge on any atom is 0.419 e. The van der Waals surface area contributed by atoms with Crippen molar-refractivity contribution in [1.29, 1.82) is 0 Å². The lowest BCUT2D eigenvalue weighted by molar-refractivity contribution is -0.138. The van der Waals surface area contributed by atoms with Crippen LogP contribution in [0.3, 0.4) is 0 Å². The van der Waals surface area contributed by atoms with Crippen molar-refractivity contribution in [1.82, 2.24) is 4.98 Å². The fourth-order valence-corrected chi connectivity index (χ4v) is 1.78. The van der Waals surface area contributed by atoms with Crippen LogP contribution < -0.4 is 0 Å². The van der Waals surface area contributed by atoms with Crippen molar-refractivity contribution in [3.63, 3.8) is 0 Å². The summed E-state index contributed by atoms with van der Waals surface area (Å²) in [6, 6.07) is 6.45. The Morgan fingerprint density at radius 1 is 1.11 bits per heavy atom. The molecule has 0 fully saturated rings. The van der Waals surface area contributed by atoms with Crippen molar-refractivity contribution in [2.24, 2.45) is 0 Å². The highest BCUT2D eigenvalue weighted by molar-refractivity contribution is 7.71. The number of H-pyrrole nitrogens is 1. The Balaban J connectivity index is 2.62. The molecule has 0 saturated carbocycles. The molecular formula is C12H7F4NS. The van der Waals surface area contributed by atoms with Gasteiger partial charge in [-0.3, -0.25) is 0 Å². The van der Waals surface area contributed by atoms with Crippen molar-refractivity contribution in [3.8, 4) is 11.1 Å². The van der Waals surface area contributed by atoms with Crippen LogP contribution in [0.25, 0.3) is 11.1 Å². The van der Waals surface area contributed by atoms with Crippen LogP contribution in [-0.4, -0.2) is 4.98 Å². The molecule has 0 aliphatic rings. The van der Waals surface area contributed by atoms with E-state index in [0.29, 0.717) is 0 Å². The van der Waals surface area contributed by atoms with Crippen molar-refractivity contribution < 1.29 is 17.6 Å². The second-order valence-corrected chi connectivity index (χ2v) is 4.02. The van der Waals surface area contributed by atoms with Gasteiger partial charge in [0.15, 0.2) is 0 Å². The molecule has 1 N–H and O–H groups in total. The molecule has 0 aliphatic carbocycles. The van der Waals surface area contributed by atoms with Crippen LogP contribution in [-0.2, 0) is 6.18 Å². The van der Waals surface area contributed by atoms with Crippen LogP contribution in [0.1, 0.15) is 5.56 Å². The van der Waals surface area contributed by atoms with E-state index < -0.39 is 22.2 Å². The summed E-state index contributed by atoms with van der Waals surface area (Å²) < 4.78 is 51.1. The maximum absolute atomic E-state index is 13.5. The highest BCUT2D eigenvalue weighted by Gasteiger charge is 2.32. The second kappa shape index (κ2) is 4.53. The molecule has 0 bridgehead atoms. The highest BCUT2D eigenvalue weighted by Crippen LogP contribution is 2.32. The molecule has 1 aromatic carbocycles. The van der Waals surface area contributed by atoms with Gasteiger partial charge < -0.3 is 4.98 Å². The number of aromatic nitrogens is 1. The van der Waals surface area contributed by atoms with Crippen LogP contribution in [0.2, 0.25) is 0 Å². The number of aromatic amines is 1. The van der Waals surface area contributed by atoms with Gasteiger partial charge >= 0.3 is 6.18 Å². The highest BCUT2D eigenvalue weighted by atomic mass is 32.1. The van der Waals surface area contributed by atoms with Gasteiger partial charge in [-0.05, 0) is 12.1 Å². The van der Waals surface area contributed by atoms with Crippen molar-refractivity contribution >= 4 is 12.2 Å². The van der Waals surface area contributed by atoms with Crippen LogP contribution >= 0.6 is 12.2 Å². The Bertz CT molecular complexity index is 630. The van der Waals surface area contributed by atoms with Gasteiger partial charge in [-0.15, -0.1) is 0 Å². The van der Waals surface area contributed by atoms with Gasteiger partial charge in [0.2, 0.25) is 0 Å². The van der Waals surface area contributed by atoms with E-state index in [-0.39, 0.29) is 11.1 Å². The molecule has 2 rings (SSSR count). The Morgan fingerprint density at radius 2 is 1.78 bits per heavy atom. The maximum atomic E-state index is 13.5. The zero-order valence-electron chi connectivity index (χ0n) is 8.88. The molecule has 1 nitrogen and oxygen atoms in total. The Labute approximate surface area is 105 Å². The smallest absolute Gasteiger partial charge is 0.352 e. The molecule has 2 aromatic rings. The molecule has 1 heterocycles. The van der Waals surface area contributed by atoms with Gasteiger partial charge in [0.05, 0.1) is 5.56 Å². The number of benzene rings is 1. The second-order valence-electron chi connectivity index (χ2n) is 3.61. The number of hydrogen-bond acceptors (Lipinski definition) is 1. The lowest BCUT2D eigenvalue weighted by atomic mass is 10.1. The molecule has 0 unspecified atom stereocenters. The quantitative estimate of drug-likeness (QED) is 0.594.